The number of rotatable bonds is 2. The van der Waals surface area contributed by atoms with E-state index >= 15 is 0 Å². The Hall–Kier alpha value is -2.47. The third-order valence-corrected chi connectivity index (χ3v) is 3.37. The second-order valence-electron chi connectivity index (χ2n) is 4.60. The number of fused-ring (bicyclic) bond motifs is 3. The lowest BCUT2D eigenvalue weighted by Crippen LogP contribution is -2.24. The summed E-state index contributed by atoms with van der Waals surface area (Å²) in [5.74, 6) is 0.632. The SMILES string of the molecule is Cc1nc2nc(N)c3ccccc3n2c(=O)c1CCO. The van der Waals surface area contributed by atoms with Crippen molar-refractivity contribution in [2.45, 2.75) is 13.3 Å². The fraction of sp³-hybridized carbons (Fsp3) is 0.214. The predicted octanol–water partition coefficient (Wildman–Crippen LogP) is 0.668. The summed E-state index contributed by atoms with van der Waals surface area (Å²) < 4.78 is 1.45. The first-order valence-electron chi connectivity index (χ1n) is 6.31. The maximum absolute atomic E-state index is 12.6. The van der Waals surface area contributed by atoms with E-state index in [4.69, 9.17) is 10.8 Å². The van der Waals surface area contributed by atoms with E-state index in [-0.39, 0.29) is 24.4 Å². The first-order valence-corrected chi connectivity index (χ1v) is 6.31. The van der Waals surface area contributed by atoms with E-state index < -0.39 is 0 Å². The van der Waals surface area contributed by atoms with Crippen LogP contribution in [0, 0.1) is 6.92 Å². The molecule has 3 N–H and O–H groups in total. The quantitative estimate of drug-likeness (QED) is 0.667. The Morgan fingerprint density at radius 2 is 2.05 bits per heavy atom. The van der Waals surface area contributed by atoms with Gasteiger partial charge >= 0.3 is 0 Å². The van der Waals surface area contributed by atoms with Crippen molar-refractivity contribution in [3.63, 3.8) is 0 Å². The average molecular weight is 270 g/mol. The van der Waals surface area contributed by atoms with Crippen LogP contribution in [-0.2, 0) is 6.42 Å². The molecule has 0 unspecified atom stereocenters. The fourth-order valence-electron chi connectivity index (χ4n) is 2.39. The third kappa shape index (κ3) is 1.73. The van der Waals surface area contributed by atoms with Gasteiger partial charge in [-0.15, -0.1) is 0 Å². The van der Waals surface area contributed by atoms with Crippen molar-refractivity contribution in [2.75, 3.05) is 12.3 Å². The average Bonchev–Trinajstić information content (AvgIpc) is 2.43. The van der Waals surface area contributed by atoms with Gasteiger partial charge in [0, 0.05) is 24.0 Å². The van der Waals surface area contributed by atoms with Gasteiger partial charge in [0.15, 0.2) is 0 Å². The summed E-state index contributed by atoms with van der Waals surface area (Å²) >= 11 is 0. The molecule has 2 heterocycles. The maximum atomic E-state index is 12.6. The van der Waals surface area contributed by atoms with E-state index in [1.54, 1.807) is 6.92 Å². The van der Waals surface area contributed by atoms with Gasteiger partial charge in [-0.2, -0.15) is 4.98 Å². The molecule has 0 radical (unpaired) electrons. The van der Waals surface area contributed by atoms with Gasteiger partial charge in [0.05, 0.1) is 11.2 Å². The molecule has 0 fully saturated rings. The second kappa shape index (κ2) is 4.57. The zero-order valence-corrected chi connectivity index (χ0v) is 11.0. The van der Waals surface area contributed by atoms with Crippen LogP contribution in [0.5, 0.6) is 0 Å². The van der Waals surface area contributed by atoms with Crippen molar-refractivity contribution in [3.05, 3.63) is 45.9 Å². The van der Waals surface area contributed by atoms with E-state index in [9.17, 15) is 4.79 Å². The molecule has 2 aromatic heterocycles. The molecule has 0 saturated carbocycles. The Balaban J connectivity index is 2.55. The highest BCUT2D eigenvalue weighted by molar-refractivity contribution is 5.89. The third-order valence-electron chi connectivity index (χ3n) is 3.37. The number of hydrogen-bond donors (Lipinski definition) is 2. The zero-order valence-electron chi connectivity index (χ0n) is 11.0. The van der Waals surface area contributed by atoms with Crippen LogP contribution in [0.3, 0.4) is 0 Å². The Morgan fingerprint density at radius 1 is 1.30 bits per heavy atom. The Bertz CT molecular complexity index is 870. The van der Waals surface area contributed by atoms with E-state index in [1.807, 2.05) is 24.3 Å². The molecule has 0 spiro atoms. The smallest absolute Gasteiger partial charge is 0.263 e. The monoisotopic (exact) mass is 270 g/mol. The van der Waals surface area contributed by atoms with Gasteiger partial charge in [-0.3, -0.25) is 4.79 Å². The van der Waals surface area contributed by atoms with Crippen LogP contribution >= 0.6 is 0 Å². The van der Waals surface area contributed by atoms with Crippen molar-refractivity contribution < 1.29 is 5.11 Å². The molecule has 0 aliphatic carbocycles. The van der Waals surface area contributed by atoms with Crippen LogP contribution in [0.1, 0.15) is 11.3 Å². The van der Waals surface area contributed by atoms with E-state index in [0.717, 1.165) is 0 Å². The highest BCUT2D eigenvalue weighted by Gasteiger charge is 2.13. The molecule has 0 aliphatic heterocycles. The largest absolute Gasteiger partial charge is 0.396 e. The number of nitrogens with two attached hydrogens (primary N) is 1. The first-order chi connectivity index (χ1) is 9.63. The molecule has 6 heteroatoms. The molecule has 3 aromatic rings. The van der Waals surface area contributed by atoms with E-state index in [1.165, 1.54) is 4.40 Å². The van der Waals surface area contributed by atoms with Crippen molar-refractivity contribution in [1.29, 1.82) is 0 Å². The summed E-state index contributed by atoms with van der Waals surface area (Å²) in [4.78, 5) is 21.1. The molecule has 20 heavy (non-hydrogen) atoms. The maximum Gasteiger partial charge on any atom is 0.263 e. The van der Waals surface area contributed by atoms with E-state index in [0.29, 0.717) is 28.0 Å². The molecule has 0 bridgehead atoms. The van der Waals surface area contributed by atoms with Crippen LogP contribution in [0.25, 0.3) is 16.7 Å². The van der Waals surface area contributed by atoms with Gasteiger partial charge in [-0.25, -0.2) is 9.38 Å². The molecule has 0 amide bonds. The minimum atomic E-state index is -0.203. The molecule has 3 rings (SSSR count). The van der Waals surface area contributed by atoms with Crippen LogP contribution in [0.4, 0.5) is 5.82 Å². The lowest BCUT2D eigenvalue weighted by atomic mass is 10.1. The number of nitrogens with zero attached hydrogens (tertiary/aromatic N) is 3. The number of aliphatic hydroxyl groups is 1. The highest BCUT2D eigenvalue weighted by Crippen LogP contribution is 2.19. The fourth-order valence-corrected chi connectivity index (χ4v) is 2.39. The van der Waals surface area contributed by atoms with Gasteiger partial charge in [0.1, 0.15) is 5.82 Å². The second-order valence-corrected chi connectivity index (χ2v) is 4.60. The lowest BCUT2D eigenvalue weighted by Gasteiger charge is -2.10. The van der Waals surface area contributed by atoms with Gasteiger partial charge in [-0.1, -0.05) is 12.1 Å². The number of aliphatic hydroxyl groups excluding tert-OH is 1. The minimum absolute atomic E-state index is 0.0931. The molecule has 0 aliphatic rings. The van der Waals surface area contributed by atoms with Crippen LogP contribution in [-0.4, -0.2) is 26.1 Å². The number of anilines is 1. The molecule has 102 valence electrons. The van der Waals surface area contributed by atoms with Gasteiger partial charge in [-0.05, 0) is 19.1 Å². The molecule has 0 saturated heterocycles. The molecular formula is C14H14N4O2. The molecule has 1 aromatic carbocycles. The summed E-state index contributed by atoms with van der Waals surface area (Å²) in [6.45, 7) is 1.64. The Kier molecular flexibility index (Phi) is 2.87. The summed E-state index contributed by atoms with van der Waals surface area (Å²) in [5.41, 5.74) is 7.46. The number of aromatic nitrogens is 3. The van der Waals surface area contributed by atoms with Crippen LogP contribution in [0.2, 0.25) is 0 Å². The normalized spacial score (nSPS) is 11.3. The number of para-hydroxylation sites is 1. The van der Waals surface area contributed by atoms with Crippen molar-refractivity contribution >= 4 is 22.5 Å². The first kappa shape index (κ1) is 12.6. The lowest BCUT2D eigenvalue weighted by molar-refractivity contribution is 0.298. The van der Waals surface area contributed by atoms with Crippen molar-refractivity contribution in [2.24, 2.45) is 0 Å². The standard InChI is InChI=1S/C14H14N4O2/c1-8-9(6-7-19)13(20)18-11-5-3-2-4-10(11)12(15)17-14(18)16-8/h2-5,19H,6-7H2,1H3,(H2,15,16,17). The Labute approximate surface area is 114 Å². The van der Waals surface area contributed by atoms with Crippen LogP contribution < -0.4 is 11.3 Å². The minimum Gasteiger partial charge on any atom is -0.396 e. The Morgan fingerprint density at radius 3 is 2.80 bits per heavy atom. The van der Waals surface area contributed by atoms with Crippen LogP contribution in [0.15, 0.2) is 29.1 Å². The topological polar surface area (TPSA) is 93.5 Å². The summed E-state index contributed by atoms with van der Waals surface area (Å²) in [5, 5.41) is 9.80. The van der Waals surface area contributed by atoms with Crippen molar-refractivity contribution in [3.8, 4) is 0 Å². The molecule has 0 atom stereocenters. The van der Waals surface area contributed by atoms with Gasteiger partial charge < -0.3 is 10.8 Å². The number of benzene rings is 1. The highest BCUT2D eigenvalue weighted by atomic mass is 16.3. The zero-order chi connectivity index (χ0) is 14.3. The van der Waals surface area contributed by atoms with Crippen molar-refractivity contribution in [1.82, 2.24) is 14.4 Å². The summed E-state index contributed by atoms with van der Waals surface area (Å²) in [6, 6.07) is 7.29. The summed E-state index contributed by atoms with van der Waals surface area (Å²) in [6.07, 6.45) is 0.277. The number of hydrogen-bond acceptors (Lipinski definition) is 5. The number of aryl methyl sites for hydroxylation is 1. The van der Waals surface area contributed by atoms with Gasteiger partial charge in [0.25, 0.3) is 5.56 Å². The molecule has 6 nitrogen and oxygen atoms in total. The molecular weight excluding hydrogens is 256 g/mol. The van der Waals surface area contributed by atoms with Gasteiger partial charge in [0.2, 0.25) is 5.78 Å². The predicted molar refractivity (Wildman–Crippen MR) is 76.7 cm³/mol. The van der Waals surface area contributed by atoms with E-state index in [2.05, 4.69) is 9.97 Å². The summed E-state index contributed by atoms with van der Waals surface area (Å²) in [7, 11) is 0. The number of nitrogen functional groups attached to an aromatic ring is 1.